The van der Waals surface area contributed by atoms with Crippen LogP contribution >= 0.6 is 24.8 Å². The van der Waals surface area contributed by atoms with Crippen molar-refractivity contribution in [3.8, 4) is 0 Å². The van der Waals surface area contributed by atoms with Crippen LogP contribution in [-0.4, -0.2) is 22.6 Å². The molecule has 0 bridgehead atoms. The summed E-state index contributed by atoms with van der Waals surface area (Å²) in [5.74, 6) is 0. The summed E-state index contributed by atoms with van der Waals surface area (Å²) in [6.45, 7) is 1.24. The molecule has 0 fully saturated rings. The van der Waals surface area contributed by atoms with Crippen molar-refractivity contribution in [1.82, 2.24) is 5.32 Å². The number of nitrogens with one attached hydrogen (secondary N) is 1. The molecule has 0 spiro atoms. The van der Waals surface area contributed by atoms with Gasteiger partial charge in [-0.1, -0.05) is 31.5 Å². The van der Waals surface area contributed by atoms with Crippen molar-refractivity contribution >= 4 is 29.2 Å². The first-order valence-electron chi connectivity index (χ1n) is 4.35. The molecule has 0 amide bonds. The molecule has 2 N–H and O–H groups in total. The summed E-state index contributed by atoms with van der Waals surface area (Å²) in [6.07, 6.45) is 5.58. The van der Waals surface area contributed by atoms with Gasteiger partial charge in [0.15, 0.2) is 0 Å². The summed E-state index contributed by atoms with van der Waals surface area (Å²) in [7, 11) is 0. The summed E-state index contributed by atoms with van der Waals surface area (Å²) in [5.41, 5.74) is 0. The minimum absolute atomic E-state index is 0.318. The molecule has 0 heterocycles. The summed E-state index contributed by atoms with van der Waals surface area (Å²) in [4.78, 5) is 0. The second-order valence-electron chi connectivity index (χ2n) is 2.72. The normalized spacial score (nSPS) is 9.83. The molecule has 0 saturated heterocycles. The van der Waals surface area contributed by atoms with Crippen molar-refractivity contribution in [2.45, 2.75) is 32.1 Å². The first-order valence-corrected chi connectivity index (χ1v) is 5.20. The predicted octanol–water partition coefficient (Wildman–Crippen LogP) is 1.73. The third-order valence-electron chi connectivity index (χ3n) is 1.61. The lowest BCUT2D eigenvalue weighted by molar-refractivity contribution is 0.282. The molecule has 12 heavy (non-hydrogen) atoms. The van der Waals surface area contributed by atoms with Gasteiger partial charge >= 0.3 is 0 Å². The van der Waals surface area contributed by atoms with E-state index in [1.165, 1.54) is 12.8 Å². The largest absolute Gasteiger partial charge is 0.396 e. The van der Waals surface area contributed by atoms with Gasteiger partial charge in [0, 0.05) is 13.2 Å². The number of rotatable bonds is 7. The maximum absolute atomic E-state index is 8.50. The van der Waals surface area contributed by atoms with E-state index in [4.69, 9.17) is 17.3 Å². The second-order valence-corrected chi connectivity index (χ2v) is 3.88. The van der Waals surface area contributed by atoms with Crippen molar-refractivity contribution in [3.63, 3.8) is 0 Å². The molecule has 0 unspecified atom stereocenters. The summed E-state index contributed by atoms with van der Waals surface area (Å²) in [6, 6.07) is 0. The van der Waals surface area contributed by atoms with Crippen LogP contribution in [0.2, 0.25) is 0 Å². The fourth-order valence-corrected chi connectivity index (χ4v) is 1.18. The fraction of sp³-hybridized carbons (Fsp3) is 0.875. The highest BCUT2D eigenvalue weighted by molar-refractivity contribution is 8.11. The van der Waals surface area contributed by atoms with E-state index < -0.39 is 0 Å². The number of thiocarbonyl (C=S) groups is 1. The molecule has 0 saturated carbocycles. The Morgan fingerprint density at radius 3 is 2.33 bits per heavy atom. The van der Waals surface area contributed by atoms with E-state index in [9.17, 15) is 0 Å². The molecule has 0 aromatic rings. The van der Waals surface area contributed by atoms with Crippen LogP contribution in [0.15, 0.2) is 0 Å². The average molecular weight is 207 g/mol. The van der Waals surface area contributed by atoms with E-state index in [1.807, 2.05) is 0 Å². The van der Waals surface area contributed by atoms with Gasteiger partial charge in [0.25, 0.3) is 0 Å². The summed E-state index contributed by atoms with van der Waals surface area (Å²) in [5, 5.41) is 11.5. The van der Waals surface area contributed by atoms with Crippen LogP contribution in [0, 0.1) is 0 Å². The molecule has 0 aromatic heterocycles. The number of unbranched alkanes of at least 4 members (excludes halogenated alkanes) is 4. The molecule has 0 aliphatic carbocycles. The zero-order valence-corrected chi connectivity index (χ0v) is 8.96. The number of aliphatic hydroxyl groups excluding tert-OH is 1. The Hall–Kier alpha value is 0.200. The number of hydrogen-bond acceptors (Lipinski definition) is 2. The van der Waals surface area contributed by atoms with E-state index in [0.717, 1.165) is 25.8 Å². The molecule has 4 heteroatoms. The second kappa shape index (κ2) is 9.29. The van der Waals surface area contributed by atoms with Gasteiger partial charge in [0.05, 0.1) is 0 Å². The Morgan fingerprint density at radius 1 is 1.17 bits per heavy atom. The van der Waals surface area contributed by atoms with Crippen LogP contribution in [0.1, 0.15) is 32.1 Å². The first-order chi connectivity index (χ1) is 5.77. The Kier molecular flexibility index (Phi) is 9.44. The highest BCUT2D eigenvalue weighted by Gasteiger charge is 1.90. The maximum atomic E-state index is 8.50. The van der Waals surface area contributed by atoms with Gasteiger partial charge in [-0.15, -0.1) is 12.6 Å². The van der Waals surface area contributed by atoms with Crippen LogP contribution in [0.5, 0.6) is 0 Å². The zero-order valence-electron chi connectivity index (χ0n) is 7.25. The van der Waals surface area contributed by atoms with Crippen LogP contribution < -0.4 is 5.32 Å². The Morgan fingerprint density at radius 2 is 1.75 bits per heavy atom. The van der Waals surface area contributed by atoms with Crippen molar-refractivity contribution in [2.24, 2.45) is 0 Å². The molecule has 0 atom stereocenters. The fourth-order valence-electron chi connectivity index (χ4n) is 0.962. The van der Waals surface area contributed by atoms with Crippen molar-refractivity contribution < 1.29 is 5.11 Å². The third-order valence-corrected chi connectivity index (χ3v) is 1.91. The van der Waals surface area contributed by atoms with Gasteiger partial charge in [0.1, 0.15) is 4.32 Å². The lowest BCUT2D eigenvalue weighted by atomic mass is 10.1. The van der Waals surface area contributed by atoms with Crippen molar-refractivity contribution in [3.05, 3.63) is 0 Å². The van der Waals surface area contributed by atoms with Gasteiger partial charge in [-0.25, -0.2) is 0 Å². The van der Waals surface area contributed by atoms with E-state index in [0.29, 0.717) is 10.9 Å². The van der Waals surface area contributed by atoms with Gasteiger partial charge in [-0.2, -0.15) is 0 Å². The first kappa shape index (κ1) is 12.2. The van der Waals surface area contributed by atoms with E-state index >= 15 is 0 Å². The van der Waals surface area contributed by atoms with Crippen LogP contribution in [0.3, 0.4) is 0 Å². The van der Waals surface area contributed by atoms with Crippen molar-refractivity contribution in [1.29, 1.82) is 0 Å². The smallest absolute Gasteiger partial charge is 0.130 e. The Bertz CT molecular complexity index is 120. The van der Waals surface area contributed by atoms with Crippen LogP contribution in [0.25, 0.3) is 0 Å². The average Bonchev–Trinajstić information content (AvgIpc) is 2.02. The molecule has 0 rings (SSSR count). The molecule has 2 nitrogen and oxygen atoms in total. The summed E-state index contributed by atoms with van der Waals surface area (Å²) < 4.78 is 0.574. The third kappa shape index (κ3) is 10.2. The molecular formula is C8H17NOS2. The quantitative estimate of drug-likeness (QED) is 0.338. The van der Waals surface area contributed by atoms with Crippen LogP contribution in [-0.2, 0) is 0 Å². The summed E-state index contributed by atoms with van der Waals surface area (Å²) >= 11 is 8.68. The van der Waals surface area contributed by atoms with E-state index in [-0.39, 0.29) is 0 Å². The number of hydrogen-bond donors (Lipinski definition) is 3. The standard InChI is InChI=1S/C8H17NOS2/c10-7-5-3-1-2-4-6-9-8(11)12/h10H,1-7H2,(H2,9,11,12). The molecule has 0 aliphatic heterocycles. The molecular weight excluding hydrogens is 190 g/mol. The molecule has 0 radical (unpaired) electrons. The molecule has 0 aromatic carbocycles. The minimum Gasteiger partial charge on any atom is -0.396 e. The van der Waals surface area contributed by atoms with Gasteiger partial charge in [-0.05, 0) is 12.8 Å². The van der Waals surface area contributed by atoms with E-state index in [1.54, 1.807) is 0 Å². The monoisotopic (exact) mass is 207 g/mol. The molecule has 0 aliphatic rings. The lowest BCUT2D eigenvalue weighted by Gasteiger charge is -2.02. The number of thiol groups is 1. The lowest BCUT2D eigenvalue weighted by Crippen LogP contribution is -2.17. The zero-order chi connectivity index (χ0) is 9.23. The Balaban J connectivity index is 2.86. The van der Waals surface area contributed by atoms with Crippen molar-refractivity contribution in [2.75, 3.05) is 13.2 Å². The van der Waals surface area contributed by atoms with Gasteiger partial charge < -0.3 is 10.4 Å². The topological polar surface area (TPSA) is 32.3 Å². The Labute approximate surface area is 85.2 Å². The minimum atomic E-state index is 0.318. The highest BCUT2D eigenvalue weighted by Crippen LogP contribution is 2.01. The number of aliphatic hydroxyl groups is 1. The highest BCUT2D eigenvalue weighted by atomic mass is 32.1. The van der Waals surface area contributed by atoms with Gasteiger partial charge in [0.2, 0.25) is 0 Å². The maximum Gasteiger partial charge on any atom is 0.130 e. The predicted molar refractivity (Wildman–Crippen MR) is 59.8 cm³/mol. The van der Waals surface area contributed by atoms with Crippen LogP contribution in [0.4, 0.5) is 0 Å². The molecule has 72 valence electrons. The SMILES string of the molecule is OCCCCCCCNC(=S)S. The van der Waals surface area contributed by atoms with E-state index in [2.05, 4.69) is 17.9 Å². The van der Waals surface area contributed by atoms with Gasteiger partial charge in [-0.3, -0.25) is 0 Å².